The monoisotopic (exact) mass is 329 g/mol. The summed E-state index contributed by atoms with van der Waals surface area (Å²) in [6, 6.07) is 5.49. The highest BCUT2D eigenvalue weighted by molar-refractivity contribution is 5.92. The molecular weight excluding hydrogens is 306 g/mol. The van der Waals surface area contributed by atoms with Crippen molar-refractivity contribution in [3.05, 3.63) is 42.1 Å². The average molecular weight is 329 g/mol. The summed E-state index contributed by atoms with van der Waals surface area (Å²) in [5.74, 6) is 0.639. The van der Waals surface area contributed by atoms with Crippen molar-refractivity contribution in [2.75, 3.05) is 24.5 Å². The first kappa shape index (κ1) is 16.4. The van der Waals surface area contributed by atoms with Crippen LogP contribution in [0.3, 0.4) is 0 Å². The molecule has 128 valence electrons. The Morgan fingerprint density at radius 3 is 3.00 bits per heavy atom. The maximum atomic E-state index is 12.2. The molecule has 24 heavy (non-hydrogen) atoms. The van der Waals surface area contributed by atoms with Gasteiger partial charge in [-0.15, -0.1) is 0 Å². The number of piperidine rings is 1. The molecule has 1 amide bonds. The van der Waals surface area contributed by atoms with Gasteiger partial charge < -0.3 is 19.9 Å². The number of anilines is 1. The summed E-state index contributed by atoms with van der Waals surface area (Å²) >= 11 is 0. The van der Waals surface area contributed by atoms with Gasteiger partial charge >= 0.3 is 0 Å². The first-order chi connectivity index (χ1) is 11.5. The van der Waals surface area contributed by atoms with Crippen LogP contribution in [0.5, 0.6) is 0 Å². The number of hydrogen-bond donors (Lipinski definition) is 2. The van der Waals surface area contributed by atoms with Crippen molar-refractivity contribution in [2.24, 2.45) is 7.05 Å². The highest BCUT2D eigenvalue weighted by Gasteiger charge is 2.34. The number of amides is 1. The molecule has 1 aliphatic rings. The molecule has 1 saturated heterocycles. The molecule has 1 aliphatic heterocycles. The Balaban J connectivity index is 1.64. The molecule has 7 heteroatoms. The topological polar surface area (TPSA) is 83.3 Å². The highest BCUT2D eigenvalue weighted by Crippen LogP contribution is 2.24. The molecule has 2 N–H and O–H groups in total. The maximum Gasteiger partial charge on any atom is 0.267 e. The van der Waals surface area contributed by atoms with Gasteiger partial charge in [0.05, 0.1) is 5.60 Å². The Morgan fingerprint density at radius 2 is 2.29 bits per heavy atom. The number of rotatable bonds is 4. The fourth-order valence-corrected chi connectivity index (χ4v) is 3.10. The van der Waals surface area contributed by atoms with Crippen LogP contribution in [0.2, 0.25) is 0 Å². The summed E-state index contributed by atoms with van der Waals surface area (Å²) in [4.78, 5) is 22.7. The number of hydrogen-bond acceptors (Lipinski definition) is 5. The first-order valence-corrected chi connectivity index (χ1v) is 8.12. The lowest BCUT2D eigenvalue weighted by Crippen LogP contribution is -2.54. The van der Waals surface area contributed by atoms with Crippen LogP contribution in [0.25, 0.3) is 0 Å². The van der Waals surface area contributed by atoms with Gasteiger partial charge in [-0.25, -0.2) is 9.97 Å². The van der Waals surface area contributed by atoms with Crippen LogP contribution in [0.4, 0.5) is 5.82 Å². The molecule has 0 spiro atoms. The zero-order valence-electron chi connectivity index (χ0n) is 14.1. The molecule has 2 aromatic heterocycles. The van der Waals surface area contributed by atoms with E-state index in [-0.39, 0.29) is 12.5 Å². The van der Waals surface area contributed by atoms with Gasteiger partial charge in [-0.1, -0.05) is 0 Å². The van der Waals surface area contributed by atoms with Gasteiger partial charge in [0.1, 0.15) is 17.8 Å². The second kappa shape index (κ2) is 6.60. The largest absolute Gasteiger partial charge is 0.386 e. The van der Waals surface area contributed by atoms with E-state index in [1.165, 1.54) is 6.33 Å². The molecule has 3 rings (SSSR count). The summed E-state index contributed by atoms with van der Waals surface area (Å²) in [6.45, 7) is 3.42. The van der Waals surface area contributed by atoms with Crippen LogP contribution in [0, 0.1) is 6.92 Å². The van der Waals surface area contributed by atoms with Crippen molar-refractivity contribution in [2.45, 2.75) is 25.4 Å². The molecule has 1 fully saturated rings. The summed E-state index contributed by atoms with van der Waals surface area (Å²) < 4.78 is 1.76. The number of nitrogens with one attached hydrogen (secondary N) is 1. The summed E-state index contributed by atoms with van der Waals surface area (Å²) in [6.07, 6.45) is 4.86. The van der Waals surface area contributed by atoms with E-state index in [0.29, 0.717) is 18.7 Å². The van der Waals surface area contributed by atoms with Gasteiger partial charge in [-0.05, 0) is 31.9 Å². The normalized spacial score (nSPS) is 20.9. The number of nitrogens with zero attached hydrogens (tertiary/aromatic N) is 4. The van der Waals surface area contributed by atoms with E-state index >= 15 is 0 Å². The fraction of sp³-hybridized carbons (Fsp3) is 0.471. The lowest BCUT2D eigenvalue weighted by atomic mass is 9.92. The van der Waals surface area contributed by atoms with E-state index in [1.807, 2.05) is 37.2 Å². The summed E-state index contributed by atoms with van der Waals surface area (Å²) in [7, 11) is 1.82. The van der Waals surface area contributed by atoms with Crippen LogP contribution in [0.15, 0.2) is 30.7 Å². The molecule has 0 saturated carbocycles. The average Bonchev–Trinajstić information content (AvgIpc) is 2.99. The van der Waals surface area contributed by atoms with Crippen LogP contribution in [-0.2, 0) is 7.05 Å². The van der Waals surface area contributed by atoms with Gasteiger partial charge in [-0.2, -0.15) is 0 Å². The number of aromatic nitrogens is 3. The molecule has 7 nitrogen and oxygen atoms in total. The summed E-state index contributed by atoms with van der Waals surface area (Å²) in [5, 5.41) is 13.7. The predicted molar refractivity (Wildman–Crippen MR) is 90.9 cm³/mol. The smallest absolute Gasteiger partial charge is 0.267 e. The molecule has 0 aliphatic carbocycles. The molecule has 2 aromatic rings. The van der Waals surface area contributed by atoms with Gasteiger partial charge in [0.2, 0.25) is 0 Å². The van der Waals surface area contributed by atoms with E-state index in [0.717, 1.165) is 24.5 Å². The fourth-order valence-electron chi connectivity index (χ4n) is 3.10. The molecule has 0 unspecified atom stereocenters. The van der Waals surface area contributed by atoms with Crippen molar-refractivity contribution < 1.29 is 9.90 Å². The van der Waals surface area contributed by atoms with E-state index < -0.39 is 5.60 Å². The number of aliphatic hydroxyl groups is 1. The van der Waals surface area contributed by atoms with Crippen molar-refractivity contribution >= 4 is 11.7 Å². The number of carbonyl (C=O) groups excluding carboxylic acids is 1. The van der Waals surface area contributed by atoms with E-state index in [2.05, 4.69) is 15.3 Å². The van der Waals surface area contributed by atoms with Crippen LogP contribution in [0.1, 0.15) is 29.0 Å². The Kier molecular flexibility index (Phi) is 4.53. The molecule has 0 radical (unpaired) electrons. The molecule has 1 atom stereocenters. The van der Waals surface area contributed by atoms with Crippen molar-refractivity contribution in [1.82, 2.24) is 19.9 Å². The second-order valence-corrected chi connectivity index (χ2v) is 6.45. The van der Waals surface area contributed by atoms with Gasteiger partial charge in [0.15, 0.2) is 0 Å². The van der Waals surface area contributed by atoms with Crippen LogP contribution >= 0.6 is 0 Å². The second-order valence-electron chi connectivity index (χ2n) is 6.45. The Labute approximate surface area is 141 Å². The van der Waals surface area contributed by atoms with Crippen molar-refractivity contribution in [3.63, 3.8) is 0 Å². The van der Waals surface area contributed by atoms with Crippen LogP contribution in [-0.4, -0.2) is 50.8 Å². The van der Waals surface area contributed by atoms with E-state index in [1.54, 1.807) is 10.6 Å². The van der Waals surface area contributed by atoms with Gasteiger partial charge in [0.25, 0.3) is 5.91 Å². The Hall–Kier alpha value is -2.41. The first-order valence-electron chi connectivity index (χ1n) is 8.12. The molecule has 0 aromatic carbocycles. The third kappa shape index (κ3) is 3.56. The zero-order valence-corrected chi connectivity index (χ0v) is 14.1. The number of aryl methyl sites for hydroxylation is 2. The van der Waals surface area contributed by atoms with E-state index in [4.69, 9.17) is 0 Å². The van der Waals surface area contributed by atoms with Crippen molar-refractivity contribution in [1.29, 1.82) is 0 Å². The predicted octanol–water partition coefficient (Wildman–Crippen LogP) is 0.885. The van der Waals surface area contributed by atoms with Crippen LogP contribution < -0.4 is 10.2 Å². The lowest BCUT2D eigenvalue weighted by molar-refractivity contribution is 0.0253. The highest BCUT2D eigenvalue weighted by atomic mass is 16.3. The molecule has 3 heterocycles. The standard InChI is InChI=1S/C17H23N5O2/c1-13-9-15(20-12-19-13)22-8-4-6-17(24,11-22)10-18-16(23)14-5-3-7-21(14)2/h3,5,7,9,12,24H,4,6,8,10-11H2,1-2H3,(H,18,23)/t17-/m1/s1. The number of carbonyl (C=O) groups is 1. The Morgan fingerprint density at radius 1 is 1.46 bits per heavy atom. The molecular formula is C17H23N5O2. The Bertz CT molecular complexity index is 729. The minimum absolute atomic E-state index is 0.175. The minimum atomic E-state index is -0.960. The van der Waals surface area contributed by atoms with Crippen molar-refractivity contribution in [3.8, 4) is 0 Å². The lowest BCUT2D eigenvalue weighted by Gasteiger charge is -2.39. The number of β-amino-alcohol motifs (C(OH)–C–C–N with tert-alkyl or cyclic N) is 1. The zero-order chi connectivity index (χ0) is 17.2. The third-order valence-electron chi connectivity index (χ3n) is 4.42. The maximum absolute atomic E-state index is 12.2. The molecule has 0 bridgehead atoms. The quantitative estimate of drug-likeness (QED) is 0.870. The van der Waals surface area contributed by atoms with Gasteiger partial charge in [-0.3, -0.25) is 4.79 Å². The SMILES string of the molecule is Cc1cc(N2CCC[C@@](O)(CNC(=O)c3cccn3C)C2)ncn1. The third-order valence-corrected chi connectivity index (χ3v) is 4.42. The van der Waals surface area contributed by atoms with E-state index in [9.17, 15) is 9.90 Å². The van der Waals surface area contributed by atoms with Gasteiger partial charge in [0, 0.05) is 44.6 Å². The minimum Gasteiger partial charge on any atom is -0.386 e. The summed E-state index contributed by atoms with van der Waals surface area (Å²) in [5.41, 5.74) is 0.515.